The summed E-state index contributed by atoms with van der Waals surface area (Å²) >= 11 is 0. The number of rotatable bonds is 8. The van der Waals surface area contributed by atoms with Crippen LogP contribution in [0.2, 0.25) is 0 Å². The molecular weight excluding hydrogens is 489 g/mol. The highest BCUT2D eigenvalue weighted by molar-refractivity contribution is 6.05. The summed E-state index contributed by atoms with van der Waals surface area (Å²) in [7, 11) is 0. The number of benzene rings is 4. The minimum Gasteiger partial charge on any atom is -0.507 e. The van der Waals surface area contributed by atoms with Crippen molar-refractivity contribution in [3.63, 3.8) is 0 Å². The van der Waals surface area contributed by atoms with Gasteiger partial charge in [0.1, 0.15) is 17.3 Å². The lowest BCUT2D eigenvalue weighted by molar-refractivity contribution is 0.102. The number of anilines is 1. The van der Waals surface area contributed by atoms with E-state index in [0.717, 1.165) is 18.4 Å². The highest BCUT2D eigenvalue weighted by atomic mass is 19.1. The fourth-order valence-electron chi connectivity index (χ4n) is 4.83. The van der Waals surface area contributed by atoms with E-state index in [-0.39, 0.29) is 28.7 Å². The first-order chi connectivity index (χ1) is 18.7. The van der Waals surface area contributed by atoms with Crippen LogP contribution in [-0.4, -0.2) is 16.1 Å². The highest BCUT2D eigenvalue weighted by Gasteiger charge is 2.15. The van der Waals surface area contributed by atoms with Crippen LogP contribution in [-0.2, 0) is 6.42 Å². The first-order valence-electron chi connectivity index (χ1n) is 13.1. The van der Waals surface area contributed by atoms with Gasteiger partial charge in [-0.05, 0) is 91.3 Å². The molecule has 0 unspecified atom stereocenters. The number of nitrogens with one attached hydrogen (secondary N) is 1. The molecule has 0 radical (unpaired) electrons. The summed E-state index contributed by atoms with van der Waals surface area (Å²) in [4.78, 5) is 13.0. The zero-order chi connectivity index (χ0) is 28.1. The van der Waals surface area contributed by atoms with E-state index in [1.54, 1.807) is 6.07 Å². The van der Waals surface area contributed by atoms with Crippen molar-refractivity contribution in [1.29, 1.82) is 0 Å². The van der Waals surface area contributed by atoms with Crippen LogP contribution in [0, 0.1) is 12.7 Å². The zero-order valence-corrected chi connectivity index (χ0v) is 22.8. The summed E-state index contributed by atoms with van der Waals surface area (Å²) in [6.07, 6.45) is 2.88. The van der Waals surface area contributed by atoms with E-state index >= 15 is 0 Å². The number of phenolic OH excluding ortho intramolecular Hbond substituents is 2. The van der Waals surface area contributed by atoms with E-state index in [4.69, 9.17) is 0 Å². The van der Waals surface area contributed by atoms with Crippen molar-refractivity contribution in [1.82, 2.24) is 0 Å². The van der Waals surface area contributed by atoms with Gasteiger partial charge in [-0.3, -0.25) is 4.79 Å². The van der Waals surface area contributed by atoms with Crippen LogP contribution in [0.15, 0.2) is 84.4 Å². The van der Waals surface area contributed by atoms with Gasteiger partial charge < -0.3 is 15.5 Å². The van der Waals surface area contributed by atoms with Gasteiger partial charge in [0.25, 0.3) is 5.91 Å². The number of carbonyl (C=O) groups is 1. The van der Waals surface area contributed by atoms with Crippen molar-refractivity contribution in [2.45, 2.75) is 47.0 Å². The molecule has 0 spiro atoms. The van der Waals surface area contributed by atoms with E-state index in [2.05, 4.69) is 51.2 Å². The quantitative estimate of drug-likeness (QED) is 0.216. The maximum Gasteiger partial charge on any atom is 0.255 e. The molecule has 4 aromatic carbocycles. The van der Waals surface area contributed by atoms with Gasteiger partial charge in [-0.15, -0.1) is 0 Å². The van der Waals surface area contributed by atoms with Gasteiger partial charge in [0, 0.05) is 23.4 Å². The van der Waals surface area contributed by atoms with Crippen molar-refractivity contribution in [2.24, 2.45) is 0 Å². The summed E-state index contributed by atoms with van der Waals surface area (Å²) in [5, 5.41) is 23.8. The predicted octanol–water partition coefficient (Wildman–Crippen LogP) is 8.65. The number of hydrogen-bond donors (Lipinski definition) is 3. The molecule has 0 aliphatic rings. The largest absolute Gasteiger partial charge is 0.507 e. The van der Waals surface area contributed by atoms with E-state index < -0.39 is 5.82 Å². The molecule has 0 bridgehead atoms. The molecule has 39 heavy (non-hydrogen) atoms. The molecule has 0 aromatic heterocycles. The lowest BCUT2D eigenvalue weighted by Gasteiger charge is -2.14. The Morgan fingerprint density at radius 2 is 1.54 bits per heavy atom. The Kier molecular flexibility index (Phi) is 8.50. The lowest BCUT2D eigenvalue weighted by atomic mass is 9.92. The van der Waals surface area contributed by atoms with Gasteiger partial charge in [0.05, 0.1) is 5.56 Å². The number of phenols is 2. The standard InChI is InChI=1S/C34H34FNO3/c1-5-7-21(2)23(4)30-18-25(11-10-22(30)3)16-24-8-6-9-27(17-24)34(39)36-29-19-31(37)33(32(38)20-29)26-12-14-28(35)15-13-26/h6,8-15,17-20,37-38H,5,7,16H2,1-4H3,(H,36,39)/b23-21-. The van der Waals surface area contributed by atoms with E-state index in [0.29, 0.717) is 17.5 Å². The first kappa shape index (κ1) is 27.6. The Hall–Kier alpha value is -4.38. The van der Waals surface area contributed by atoms with Gasteiger partial charge in [0.15, 0.2) is 0 Å². The molecule has 3 N–H and O–H groups in total. The zero-order valence-electron chi connectivity index (χ0n) is 22.8. The second-order valence-electron chi connectivity index (χ2n) is 10.0. The lowest BCUT2D eigenvalue weighted by Crippen LogP contribution is -2.12. The third-order valence-corrected chi connectivity index (χ3v) is 7.06. The average Bonchev–Trinajstić information content (AvgIpc) is 2.90. The molecular formula is C34H34FNO3. The Labute approximate surface area is 229 Å². The molecule has 0 aliphatic heterocycles. The van der Waals surface area contributed by atoms with E-state index in [1.807, 2.05) is 18.2 Å². The van der Waals surface area contributed by atoms with Crippen LogP contribution in [0.1, 0.15) is 66.2 Å². The van der Waals surface area contributed by atoms with Crippen LogP contribution >= 0.6 is 0 Å². The monoisotopic (exact) mass is 523 g/mol. The highest BCUT2D eigenvalue weighted by Crippen LogP contribution is 2.40. The summed E-state index contributed by atoms with van der Waals surface area (Å²) in [6.45, 7) is 8.71. The number of hydrogen-bond acceptors (Lipinski definition) is 3. The number of carbonyl (C=O) groups excluding carboxylic acids is 1. The SMILES string of the molecule is CCC/C(C)=C(/C)c1cc(Cc2cccc(C(=O)Nc3cc(O)c(-c4ccc(F)cc4)c(O)c3)c2)ccc1C. The number of aryl methyl sites for hydroxylation is 1. The van der Waals surface area contributed by atoms with Gasteiger partial charge >= 0.3 is 0 Å². The molecule has 0 saturated carbocycles. The van der Waals surface area contributed by atoms with Crippen molar-refractivity contribution < 1.29 is 19.4 Å². The number of halogens is 1. The Morgan fingerprint density at radius 1 is 0.872 bits per heavy atom. The molecule has 200 valence electrons. The summed E-state index contributed by atoms with van der Waals surface area (Å²) in [6, 6.07) is 22.1. The fraction of sp³-hybridized carbons (Fsp3) is 0.206. The molecule has 0 aliphatic carbocycles. The van der Waals surface area contributed by atoms with Crippen LogP contribution < -0.4 is 5.32 Å². The average molecular weight is 524 g/mol. The summed E-state index contributed by atoms with van der Waals surface area (Å²) in [5.74, 6) is -1.22. The Bertz CT molecular complexity index is 1510. The molecule has 1 amide bonds. The van der Waals surface area contributed by atoms with E-state index in [1.165, 1.54) is 64.2 Å². The number of amides is 1. The fourth-order valence-corrected chi connectivity index (χ4v) is 4.83. The second-order valence-corrected chi connectivity index (χ2v) is 10.0. The molecule has 5 heteroatoms. The second kappa shape index (κ2) is 12.0. The van der Waals surface area contributed by atoms with Crippen molar-refractivity contribution in [2.75, 3.05) is 5.32 Å². The van der Waals surface area contributed by atoms with Gasteiger partial charge in [-0.25, -0.2) is 4.39 Å². The summed E-state index contributed by atoms with van der Waals surface area (Å²) < 4.78 is 13.3. The molecule has 4 nitrogen and oxygen atoms in total. The van der Waals surface area contributed by atoms with Crippen molar-refractivity contribution >= 4 is 17.2 Å². The third-order valence-electron chi connectivity index (χ3n) is 7.06. The van der Waals surface area contributed by atoms with Crippen LogP contribution in [0.3, 0.4) is 0 Å². The van der Waals surface area contributed by atoms with Crippen LogP contribution in [0.4, 0.5) is 10.1 Å². The Morgan fingerprint density at radius 3 is 2.21 bits per heavy atom. The first-order valence-corrected chi connectivity index (χ1v) is 13.1. The minimum atomic E-state index is -0.416. The van der Waals surface area contributed by atoms with Gasteiger partial charge in [0.2, 0.25) is 0 Å². The molecule has 4 rings (SSSR count). The van der Waals surface area contributed by atoms with Gasteiger partial charge in [-0.2, -0.15) is 0 Å². The number of aromatic hydroxyl groups is 2. The van der Waals surface area contributed by atoms with Gasteiger partial charge in [-0.1, -0.05) is 61.4 Å². The van der Waals surface area contributed by atoms with Crippen LogP contribution in [0.5, 0.6) is 11.5 Å². The van der Waals surface area contributed by atoms with Crippen LogP contribution in [0.25, 0.3) is 16.7 Å². The topological polar surface area (TPSA) is 69.6 Å². The van der Waals surface area contributed by atoms with E-state index in [9.17, 15) is 19.4 Å². The summed E-state index contributed by atoms with van der Waals surface area (Å²) in [5.41, 5.74) is 8.75. The molecule has 0 saturated heterocycles. The van der Waals surface area contributed by atoms with Crippen molar-refractivity contribution in [3.8, 4) is 22.6 Å². The third kappa shape index (κ3) is 6.55. The molecule has 4 aromatic rings. The number of allylic oxidation sites excluding steroid dienone is 2. The molecule has 0 heterocycles. The molecule has 0 fully saturated rings. The smallest absolute Gasteiger partial charge is 0.255 e. The maximum absolute atomic E-state index is 13.3. The molecule has 0 atom stereocenters. The normalized spacial score (nSPS) is 11.7. The minimum absolute atomic E-state index is 0.169. The maximum atomic E-state index is 13.3. The predicted molar refractivity (Wildman–Crippen MR) is 157 cm³/mol. The van der Waals surface area contributed by atoms with Crippen molar-refractivity contribution in [3.05, 3.63) is 118 Å². The Balaban J connectivity index is 1.52.